The van der Waals surface area contributed by atoms with Crippen molar-refractivity contribution in [3.63, 3.8) is 0 Å². The molecule has 0 spiro atoms. The molecule has 0 aliphatic heterocycles. The molecular weight excluding hydrogens is 146 g/mol. The standard InChI is InChI=1S/C11H25N/c1-8-11(4,5)9(2)10(3)12(6)7/h9-10H,8H2,1-7H3. The zero-order chi connectivity index (χ0) is 9.94. The van der Waals surface area contributed by atoms with Crippen LogP contribution in [0.1, 0.15) is 41.0 Å². The summed E-state index contributed by atoms with van der Waals surface area (Å²) in [5.74, 6) is 0.748. The third-order valence-electron chi connectivity index (χ3n) is 3.68. The molecule has 0 aromatic rings. The molecule has 12 heavy (non-hydrogen) atoms. The molecule has 0 N–H and O–H groups in total. The SMILES string of the molecule is CCC(C)(C)C(C)C(C)N(C)C. The number of rotatable bonds is 4. The van der Waals surface area contributed by atoms with Crippen LogP contribution in [0.4, 0.5) is 0 Å². The molecule has 0 aliphatic carbocycles. The van der Waals surface area contributed by atoms with E-state index in [4.69, 9.17) is 0 Å². The highest BCUT2D eigenvalue weighted by molar-refractivity contribution is 4.81. The lowest BCUT2D eigenvalue weighted by atomic mass is 9.74. The third-order valence-corrected chi connectivity index (χ3v) is 3.68. The topological polar surface area (TPSA) is 3.24 Å². The zero-order valence-corrected chi connectivity index (χ0v) is 9.81. The Kier molecular flexibility index (Phi) is 4.25. The molecule has 0 amide bonds. The van der Waals surface area contributed by atoms with Gasteiger partial charge in [-0.1, -0.05) is 34.1 Å². The van der Waals surface area contributed by atoms with Gasteiger partial charge in [0.05, 0.1) is 0 Å². The van der Waals surface area contributed by atoms with Crippen LogP contribution in [-0.4, -0.2) is 25.0 Å². The number of hydrogen-bond donors (Lipinski definition) is 0. The highest BCUT2D eigenvalue weighted by atomic mass is 15.1. The van der Waals surface area contributed by atoms with Crippen LogP contribution in [0.15, 0.2) is 0 Å². The Labute approximate surface area is 78.1 Å². The first-order valence-corrected chi connectivity index (χ1v) is 4.99. The van der Waals surface area contributed by atoms with E-state index in [0.717, 1.165) is 5.92 Å². The molecule has 1 heteroatoms. The first kappa shape index (κ1) is 12.0. The molecular formula is C11H25N. The Hall–Kier alpha value is -0.0400. The molecule has 0 bridgehead atoms. The van der Waals surface area contributed by atoms with E-state index in [0.29, 0.717) is 11.5 Å². The van der Waals surface area contributed by atoms with Gasteiger partial charge in [0, 0.05) is 6.04 Å². The normalized spacial score (nSPS) is 18.0. The van der Waals surface area contributed by atoms with Crippen molar-refractivity contribution in [1.82, 2.24) is 4.90 Å². The van der Waals surface area contributed by atoms with Crippen molar-refractivity contribution in [2.24, 2.45) is 11.3 Å². The Bertz CT molecular complexity index is 127. The Morgan fingerprint density at radius 3 is 1.83 bits per heavy atom. The maximum absolute atomic E-state index is 2.36. The summed E-state index contributed by atoms with van der Waals surface area (Å²) in [6.07, 6.45) is 1.26. The second kappa shape index (κ2) is 4.27. The van der Waals surface area contributed by atoms with Crippen LogP contribution in [-0.2, 0) is 0 Å². The van der Waals surface area contributed by atoms with E-state index >= 15 is 0 Å². The van der Waals surface area contributed by atoms with Gasteiger partial charge >= 0.3 is 0 Å². The third kappa shape index (κ3) is 2.78. The van der Waals surface area contributed by atoms with Gasteiger partial charge in [0.25, 0.3) is 0 Å². The lowest BCUT2D eigenvalue weighted by molar-refractivity contribution is 0.118. The minimum atomic E-state index is 0.462. The molecule has 0 saturated carbocycles. The minimum absolute atomic E-state index is 0.462. The van der Waals surface area contributed by atoms with Crippen molar-refractivity contribution in [2.45, 2.75) is 47.1 Å². The molecule has 0 aromatic heterocycles. The second-order valence-electron chi connectivity index (χ2n) is 4.84. The fourth-order valence-electron chi connectivity index (χ4n) is 1.42. The number of nitrogens with zero attached hydrogens (tertiary/aromatic N) is 1. The van der Waals surface area contributed by atoms with Gasteiger partial charge < -0.3 is 4.90 Å². The summed E-state index contributed by atoms with van der Waals surface area (Å²) in [7, 11) is 4.32. The average Bonchev–Trinajstić information content (AvgIpc) is 2.01. The smallest absolute Gasteiger partial charge is 0.00915 e. The van der Waals surface area contributed by atoms with Gasteiger partial charge in [-0.05, 0) is 32.4 Å². The fraction of sp³-hybridized carbons (Fsp3) is 1.00. The van der Waals surface area contributed by atoms with Crippen LogP contribution in [0.5, 0.6) is 0 Å². The summed E-state index contributed by atoms with van der Waals surface area (Å²) in [5, 5.41) is 0. The lowest BCUT2D eigenvalue weighted by Gasteiger charge is -2.38. The largest absolute Gasteiger partial charge is 0.306 e. The Balaban J connectivity index is 4.27. The summed E-state index contributed by atoms with van der Waals surface area (Å²) in [4.78, 5) is 2.31. The van der Waals surface area contributed by atoms with Crippen LogP contribution in [0.3, 0.4) is 0 Å². The van der Waals surface area contributed by atoms with Gasteiger partial charge in [-0.3, -0.25) is 0 Å². The van der Waals surface area contributed by atoms with Crippen molar-refractivity contribution in [2.75, 3.05) is 14.1 Å². The van der Waals surface area contributed by atoms with E-state index in [1.807, 2.05) is 0 Å². The van der Waals surface area contributed by atoms with E-state index in [1.54, 1.807) is 0 Å². The van der Waals surface area contributed by atoms with Gasteiger partial charge in [0.1, 0.15) is 0 Å². The number of hydrogen-bond acceptors (Lipinski definition) is 1. The molecule has 0 radical (unpaired) electrons. The molecule has 2 atom stereocenters. The molecule has 1 nitrogen and oxygen atoms in total. The quantitative estimate of drug-likeness (QED) is 0.628. The predicted molar refractivity (Wildman–Crippen MR) is 56.4 cm³/mol. The molecule has 0 fully saturated rings. The van der Waals surface area contributed by atoms with E-state index in [1.165, 1.54) is 6.42 Å². The monoisotopic (exact) mass is 171 g/mol. The summed E-state index contributed by atoms with van der Waals surface area (Å²) < 4.78 is 0. The summed E-state index contributed by atoms with van der Waals surface area (Å²) in [6.45, 7) is 11.7. The zero-order valence-electron chi connectivity index (χ0n) is 9.81. The van der Waals surface area contributed by atoms with Crippen LogP contribution >= 0.6 is 0 Å². The minimum Gasteiger partial charge on any atom is -0.306 e. The van der Waals surface area contributed by atoms with Crippen molar-refractivity contribution >= 4 is 0 Å². The van der Waals surface area contributed by atoms with E-state index in [9.17, 15) is 0 Å². The van der Waals surface area contributed by atoms with Crippen molar-refractivity contribution in [3.05, 3.63) is 0 Å². The van der Waals surface area contributed by atoms with Crippen LogP contribution < -0.4 is 0 Å². The van der Waals surface area contributed by atoms with Crippen LogP contribution in [0.25, 0.3) is 0 Å². The highest BCUT2D eigenvalue weighted by Gasteiger charge is 2.28. The molecule has 2 unspecified atom stereocenters. The average molecular weight is 171 g/mol. The van der Waals surface area contributed by atoms with E-state index in [-0.39, 0.29) is 0 Å². The summed E-state index contributed by atoms with van der Waals surface area (Å²) in [6, 6.07) is 0.667. The van der Waals surface area contributed by atoms with Gasteiger partial charge in [-0.2, -0.15) is 0 Å². The molecule has 74 valence electrons. The maximum Gasteiger partial charge on any atom is 0.00915 e. The van der Waals surface area contributed by atoms with E-state index < -0.39 is 0 Å². The molecule has 0 aromatic carbocycles. The van der Waals surface area contributed by atoms with Crippen LogP contribution in [0.2, 0.25) is 0 Å². The van der Waals surface area contributed by atoms with Crippen molar-refractivity contribution in [3.8, 4) is 0 Å². The summed E-state index contributed by atoms with van der Waals surface area (Å²) in [5.41, 5.74) is 0.462. The molecule has 0 rings (SSSR count). The lowest BCUT2D eigenvalue weighted by Crippen LogP contribution is -2.38. The van der Waals surface area contributed by atoms with Gasteiger partial charge in [0.2, 0.25) is 0 Å². The van der Waals surface area contributed by atoms with Gasteiger partial charge in [-0.15, -0.1) is 0 Å². The molecule has 0 heterocycles. The molecule has 0 aliphatic rings. The van der Waals surface area contributed by atoms with Gasteiger partial charge in [-0.25, -0.2) is 0 Å². The Morgan fingerprint density at radius 2 is 1.58 bits per heavy atom. The molecule has 0 saturated heterocycles. The first-order valence-electron chi connectivity index (χ1n) is 4.99. The second-order valence-corrected chi connectivity index (χ2v) is 4.84. The van der Waals surface area contributed by atoms with Gasteiger partial charge in [0.15, 0.2) is 0 Å². The first-order chi connectivity index (χ1) is 5.33. The van der Waals surface area contributed by atoms with Crippen molar-refractivity contribution < 1.29 is 0 Å². The van der Waals surface area contributed by atoms with Crippen LogP contribution in [0, 0.1) is 11.3 Å². The summed E-state index contributed by atoms with van der Waals surface area (Å²) >= 11 is 0. The maximum atomic E-state index is 2.36. The Morgan fingerprint density at radius 1 is 1.17 bits per heavy atom. The fourth-order valence-corrected chi connectivity index (χ4v) is 1.42. The predicted octanol–water partition coefficient (Wildman–Crippen LogP) is 3.01. The van der Waals surface area contributed by atoms with Crippen molar-refractivity contribution in [1.29, 1.82) is 0 Å². The van der Waals surface area contributed by atoms with E-state index in [2.05, 4.69) is 53.6 Å². The highest BCUT2D eigenvalue weighted by Crippen LogP contribution is 2.33.